The normalized spacial score (nSPS) is 10.1. The van der Waals surface area contributed by atoms with Gasteiger partial charge < -0.3 is 11.1 Å². The molecule has 2 aromatic rings. The lowest BCUT2D eigenvalue weighted by Crippen LogP contribution is -2.00. The number of aromatic nitrogens is 1. The molecule has 3 nitrogen and oxygen atoms in total. The highest BCUT2D eigenvalue weighted by Gasteiger charge is 1.95. The Balaban J connectivity index is 1.99. The van der Waals surface area contributed by atoms with Crippen LogP contribution < -0.4 is 11.1 Å². The number of nitrogens with two attached hydrogens (primary N) is 1. The Morgan fingerprint density at radius 1 is 1.19 bits per heavy atom. The zero-order valence-corrected chi connectivity index (χ0v) is 9.27. The highest BCUT2D eigenvalue weighted by Crippen LogP contribution is 2.11. The van der Waals surface area contributed by atoms with E-state index in [9.17, 15) is 0 Å². The van der Waals surface area contributed by atoms with Crippen LogP contribution in [0.5, 0.6) is 0 Å². The molecule has 1 heterocycles. The molecule has 0 saturated carbocycles. The molecule has 2 rings (SSSR count). The van der Waals surface area contributed by atoms with Crippen molar-refractivity contribution in [2.75, 3.05) is 11.1 Å². The minimum Gasteiger partial charge on any atom is -0.397 e. The molecule has 0 aliphatic rings. The number of pyridine rings is 1. The predicted molar refractivity (Wildman–Crippen MR) is 67.2 cm³/mol. The van der Waals surface area contributed by atoms with Gasteiger partial charge in [0.2, 0.25) is 0 Å². The molecule has 82 valence electrons. The molecule has 0 aliphatic carbocycles. The second-order valence-electron chi connectivity index (χ2n) is 3.85. The molecule has 3 N–H and O–H groups in total. The van der Waals surface area contributed by atoms with Gasteiger partial charge >= 0.3 is 0 Å². The van der Waals surface area contributed by atoms with E-state index in [1.54, 1.807) is 12.4 Å². The van der Waals surface area contributed by atoms with Crippen molar-refractivity contribution in [3.63, 3.8) is 0 Å². The lowest BCUT2D eigenvalue weighted by Gasteiger charge is -2.06. The lowest BCUT2D eigenvalue weighted by atomic mass is 10.1. The Bertz CT molecular complexity index is 463. The van der Waals surface area contributed by atoms with Crippen LogP contribution in [0.3, 0.4) is 0 Å². The van der Waals surface area contributed by atoms with E-state index in [-0.39, 0.29) is 0 Å². The van der Waals surface area contributed by atoms with Crippen LogP contribution in [0.4, 0.5) is 11.4 Å². The number of benzene rings is 1. The van der Waals surface area contributed by atoms with Crippen LogP contribution in [0, 0.1) is 6.92 Å². The maximum absolute atomic E-state index is 5.64. The third kappa shape index (κ3) is 2.73. The minimum absolute atomic E-state index is 0.675. The Morgan fingerprint density at radius 2 is 1.94 bits per heavy atom. The first-order chi connectivity index (χ1) is 7.74. The Hall–Kier alpha value is -2.03. The monoisotopic (exact) mass is 213 g/mol. The van der Waals surface area contributed by atoms with Crippen molar-refractivity contribution in [3.8, 4) is 0 Å². The van der Waals surface area contributed by atoms with E-state index in [4.69, 9.17) is 5.73 Å². The van der Waals surface area contributed by atoms with E-state index in [2.05, 4.69) is 41.5 Å². The Labute approximate surface area is 95.3 Å². The first-order valence-corrected chi connectivity index (χ1v) is 5.24. The van der Waals surface area contributed by atoms with Crippen LogP contribution in [-0.2, 0) is 6.54 Å². The fourth-order valence-electron chi connectivity index (χ4n) is 1.46. The number of nitrogens with zero attached hydrogens (tertiary/aromatic N) is 1. The van der Waals surface area contributed by atoms with Gasteiger partial charge in [-0.15, -0.1) is 0 Å². The van der Waals surface area contributed by atoms with Gasteiger partial charge in [-0.05, 0) is 18.6 Å². The molecule has 1 aromatic heterocycles. The number of nitrogen functional groups attached to an aromatic ring is 1. The number of hydrogen-bond acceptors (Lipinski definition) is 3. The van der Waals surface area contributed by atoms with Crippen molar-refractivity contribution >= 4 is 11.4 Å². The number of nitrogens with one attached hydrogen (secondary N) is 1. The number of anilines is 2. The molecule has 0 bridgehead atoms. The summed E-state index contributed by atoms with van der Waals surface area (Å²) in [6.07, 6.45) is 3.40. The average molecular weight is 213 g/mol. The van der Waals surface area contributed by atoms with Gasteiger partial charge in [0.05, 0.1) is 17.6 Å². The van der Waals surface area contributed by atoms with E-state index >= 15 is 0 Å². The van der Waals surface area contributed by atoms with Crippen molar-refractivity contribution < 1.29 is 0 Å². The molecule has 0 fully saturated rings. The van der Waals surface area contributed by atoms with Crippen molar-refractivity contribution in [1.82, 2.24) is 4.98 Å². The number of hydrogen-bond donors (Lipinski definition) is 2. The first kappa shape index (κ1) is 10.5. The fraction of sp³-hybridized carbons (Fsp3) is 0.154. The van der Waals surface area contributed by atoms with Crippen molar-refractivity contribution in [2.24, 2.45) is 0 Å². The molecule has 0 unspecified atom stereocenters. The van der Waals surface area contributed by atoms with Crippen LogP contribution in [0.15, 0.2) is 42.7 Å². The van der Waals surface area contributed by atoms with E-state index in [0.29, 0.717) is 5.69 Å². The van der Waals surface area contributed by atoms with E-state index in [0.717, 1.165) is 12.2 Å². The largest absolute Gasteiger partial charge is 0.397 e. The Kier molecular flexibility index (Phi) is 3.05. The summed E-state index contributed by atoms with van der Waals surface area (Å²) in [6.45, 7) is 2.87. The molecule has 0 spiro atoms. The van der Waals surface area contributed by atoms with E-state index < -0.39 is 0 Å². The molecule has 0 aliphatic heterocycles. The summed E-state index contributed by atoms with van der Waals surface area (Å²) in [6, 6.07) is 10.3. The topological polar surface area (TPSA) is 50.9 Å². The number of aryl methyl sites for hydroxylation is 1. The van der Waals surface area contributed by atoms with Crippen molar-refractivity contribution in [3.05, 3.63) is 53.9 Å². The summed E-state index contributed by atoms with van der Waals surface area (Å²) < 4.78 is 0. The van der Waals surface area contributed by atoms with Crippen LogP contribution in [0.1, 0.15) is 11.1 Å². The summed E-state index contributed by atoms with van der Waals surface area (Å²) in [7, 11) is 0. The minimum atomic E-state index is 0.675. The molecule has 0 amide bonds. The van der Waals surface area contributed by atoms with Crippen molar-refractivity contribution in [2.45, 2.75) is 13.5 Å². The second kappa shape index (κ2) is 4.66. The summed E-state index contributed by atoms with van der Waals surface area (Å²) in [4.78, 5) is 4.02. The smallest absolute Gasteiger partial charge is 0.0550 e. The van der Waals surface area contributed by atoms with Crippen molar-refractivity contribution in [1.29, 1.82) is 0 Å². The van der Waals surface area contributed by atoms with Gasteiger partial charge in [0.15, 0.2) is 0 Å². The van der Waals surface area contributed by atoms with Gasteiger partial charge in [-0.2, -0.15) is 0 Å². The van der Waals surface area contributed by atoms with Crippen LogP contribution in [0.2, 0.25) is 0 Å². The molecule has 0 atom stereocenters. The highest BCUT2D eigenvalue weighted by molar-refractivity contribution is 5.51. The number of rotatable bonds is 3. The third-order valence-electron chi connectivity index (χ3n) is 2.38. The quantitative estimate of drug-likeness (QED) is 0.824. The van der Waals surface area contributed by atoms with Gasteiger partial charge in [0, 0.05) is 12.7 Å². The van der Waals surface area contributed by atoms with Gasteiger partial charge in [-0.25, -0.2) is 0 Å². The highest BCUT2D eigenvalue weighted by atomic mass is 14.9. The van der Waals surface area contributed by atoms with Gasteiger partial charge in [0.1, 0.15) is 0 Å². The zero-order chi connectivity index (χ0) is 11.4. The van der Waals surface area contributed by atoms with Gasteiger partial charge in [0.25, 0.3) is 0 Å². The van der Waals surface area contributed by atoms with Crippen LogP contribution >= 0.6 is 0 Å². The van der Waals surface area contributed by atoms with Crippen LogP contribution in [-0.4, -0.2) is 4.98 Å². The lowest BCUT2D eigenvalue weighted by molar-refractivity contribution is 1.13. The standard InChI is InChI=1S/C13H15N3/c1-10-2-4-11(5-3-10)7-16-13-6-12(14)8-15-9-13/h2-6,8-9,16H,7,14H2,1H3. The molecule has 0 radical (unpaired) electrons. The third-order valence-corrected chi connectivity index (χ3v) is 2.38. The van der Waals surface area contributed by atoms with Gasteiger partial charge in [-0.3, -0.25) is 4.98 Å². The summed E-state index contributed by atoms with van der Waals surface area (Å²) >= 11 is 0. The summed E-state index contributed by atoms with van der Waals surface area (Å²) in [5.74, 6) is 0. The predicted octanol–water partition coefficient (Wildman–Crippen LogP) is 2.58. The molecular weight excluding hydrogens is 198 g/mol. The molecule has 0 saturated heterocycles. The fourth-order valence-corrected chi connectivity index (χ4v) is 1.46. The zero-order valence-electron chi connectivity index (χ0n) is 9.27. The molecule has 1 aromatic carbocycles. The maximum Gasteiger partial charge on any atom is 0.0550 e. The summed E-state index contributed by atoms with van der Waals surface area (Å²) in [5, 5.41) is 3.28. The molecular formula is C13H15N3. The molecule has 16 heavy (non-hydrogen) atoms. The van der Waals surface area contributed by atoms with Gasteiger partial charge in [-0.1, -0.05) is 29.8 Å². The second-order valence-corrected chi connectivity index (χ2v) is 3.85. The molecule has 3 heteroatoms. The first-order valence-electron chi connectivity index (χ1n) is 5.24. The van der Waals surface area contributed by atoms with E-state index in [1.807, 2.05) is 6.07 Å². The SMILES string of the molecule is Cc1ccc(CNc2cncc(N)c2)cc1. The average Bonchev–Trinajstić information content (AvgIpc) is 2.28. The van der Waals surface area contributed by atoms with Crippen LogP contribution in [0.25, 0.3) is 0 Å². The Morgan fingerprint density at radius 3 is 2.62 bits per heavy atom. The van der Waals surface area contributed by atoms with E-state index in [1.165, 1.54) is 11.1 Å². The summed E-state index contributed by atoms with van der Waals surface area (Å²) in [5.41, 5.74) is 9.78. The maximum atomic E-state index is 5.64.